The van der Waals surface area contributed by atoms with Crippen LogP contribution < -0.4 is 10.6 Å². The topological polar surface area (TPSA) is 42.9 Å². The number of guanidine groups is 1. The first-order valence-electron chi connectivity index (χ1n) is 9.20. The second kappa shape index (κ2) is 10.7. The Bertz CT molecular complexity index is 466. The number of likely N-dealkylation sites (N-methyl/N-ethyl adjacent to an activating group) is 1. The summed E-state index contributed by atoms with van der Waals surface area (Å²) in [6.45, 7) is 16.4. The third-order valence-corrected chi connectivity index (χ3v) is 5.28. The monoisotopic (exact) mass is 351 g/mol. The maximum absolute atomic E-state index is 4.68. The van der Waals surface area contributed by atoms with Crippen molar-refractivity contribution in [3.8, 4) is 0 Å². The average molecular weight is 352 g/mol. The Morgan fingerprint density at radius 3 is 2.58 bits per heavy atom. The summed E-state index contributed by atoms with van der Waals surface area (Å²) in [5.41, 5.74) is 0. The number of rotatable bonds is 8. The lowest BCUT2D eigenvalue weighted by molar-refractivity contribution is 0.124. The van der Waals surface area contributed by atoms with Crippen molar-refractivity contribution in [2.24, 2.45) is 10.9 Å². The first-order chi connectivity index (χ1) is 11.7. The predicted octanol–water partition coefficient (Wildman–Crippen LogP) is 2.08. The van der Waals surface area contributed by atoms with E-state index in [1.54, 1.807) is 11.3 Å². The molecule has 1 aromatic heterocycles. The van der Waals surface area contributed by atoms with Gasteiger partial charge in [0.2, 0.25) is 0 Å². The summed E-state index contributed by atoms with van der Waals surface area (Å²) in [7, 11) is 0. The van der Waals surface area contributed by atoms with Crippen LogP contribution in [0.25, 0.3) is 0 Å². The lowest BCUT2D eigenvalue weighted by Crippen LogP contribution is -2.48. The van der Waals surface area contributed by atoms with Crippen LogP contribution in [0.3, 0.4) is 0 Å². The van der Waals surface area contributed by atoms with Crippen LogP contribution >= 0.6 is 11.3 Å². The molecule has 136 valence electrons. The highest BCUT2D eigenvalue weighted by atomic mass is 32.1. The Balaban J connectivity index is 1.71. The lowest BCUT2D eigenvalue weighted by Gasteiger charge is -2.35. The van der Waals surface area contributed by atoms with E-state index >= 15 is 0 Å². The van der Waals surface area contributed by atoms with E-state index < -0.39 is 0 Å². The van der Waals surface area contributed by atoms with E-state index in [2.05, 4.69) is 63.7 Å². The summed E-state index contributed by atoms with van der Waals surface area (Å²) in [6.07, 6.45) is 0. The van der Waals surface area contributed by atoms with Gasteiger partial charge >= 0.3 is 0 Å². The SMILES string of the molecule is CCNC(=NCc1cccs1)NCC(C)CN1CCN(CC)CC1. The molecule has 5 nitrogen and oxygen atoms in total. The highest BCUT2D eigenvalue weighted by Crippen LogP contribution is 2.09. The molecule has 0 amide bonds. The molecule has 1 aliphatic rings. The van der Waals surface area contributed by atoms with Gasteiger partial charge in [-0.15, -0.1) is 11.3 Å². The zero-order chi connectivity index (χ0) is 17.2. The molecule has 2 rings (SSSR count). The molecule has 1 aromatic rings. The van der Waals surface area contributed by atoms with Gasteiger partial charge in [0.05, 0.1) is 6.54 Å². The molecule has 0 spiro atoms. The molecule has 1 saturated heterocycles. The number of nitrogens with one attached hydrogen (secondary N) is 2. The second-order valence-electron chi connectivity index (χ2n) is 6.50. The molecule has 1 unspecified atom stereocenters. The van der Waals surface area contributed by atoms with Crippen LogP contribution in [0.15, 0.2) is 22.5 Å². The molecule has 0 aromatic carbocycles. The van der Waals surface area contributed by atoms with Gasteiger partial charge in [-0.1, -0.05) is 19.9 Å². The van der Waals surface area contributed by atoms with Gasteiger partial charge in [0.25, 0.3) is 0 Å². The van der Waals surface area contributed by atoms with Gasteiger partial charge in [-0.3, -0.25) is 0 Å². The van der Waals surface area contributed by atoms with Crippen molar-refractivity contribution >= 4 is 17.3 Å². The summed E-state index contributed by atoms with van der Waals surface area (Å²) in [4.78, 5) is 11.1. The number of aliphatic imine (C=N–C) groups is 1. The number of hydrogen-bond donors (Lipinski definition) is 2. The largest absolute Gasteiger partial charge is 0.357 e. The van der Waals surface area contributed by atoms with E-state index in [9.17, 15) is 0 Å². The first kappa shape index (κ1) is 19.2. The van der Waals surface area contributed by atoms with Crippen molar-refractivity contribution in [3.05, 3.63) is 22.4 Å². The Labute approximate surface area is 151 Å². The van der Waals surface area contributed by atoms with E-state index in [0.717, 1.165) is 32.1 Å². The summed E-state index contributed by atoms with van der Waals surface area (Å²) >= 11 is 1.76. The number of nitrogens with zero attached hydrogens (tertiary/aromatic N) is 3. The van der Waals surface area contributed by atoms with Crippen molar-refractivity contribution in [3.63, 3.8) is 0 Å². The number of thiophene rings is 1. The lowest BCUT2D eigenvalue weighted by atomic mass is 10.1. The molecule has 1 fully saturated rings. The normalized spacial score (nSPS) is 18.5. The van der Waals surface area contributed by atoms with Crippen LogP contribution in [0.1, 0.15) is 25.6 Å². The molecule has 1 aliphatic heterocycles. The quantitative estimate of drug-likeness (QED) is 0.556. The minimum Gasteiger partial charge on any atom is -0.357 e. The van der Waals surface area contributed by atoms with Gasteiger partial charge in [-0.05, 0) is 30.8 Å². The minimum atomic E-state index is 0.615. The third-order valence-electron chi connectivity index (χ3n) is 4.42. The molecule has 24 heavy (non-hydrogen) atoms. The van der Waals surface area contributed by atoms with Gasteiger partial charge in [0.15, 0.2) is 5.96 Å². The molecule has 2 heterocycles. The van der Waals surface area contributed by atoms with Crippen molar-refractivity contribution < 1.29 is 0 Å². The molecule has 0 aliphatic carbocycles. The van der Waals surface area contributed by atoms with Crippen molar-refractivity contribution in [2.45, 2.75) is 27.3 Å². The van der Waals surface area contributed by atoms with E-state index in [-0.39, 0.29) is 0 Å². The van der Waals surface area contributed by atoms with Gasteiger partial charge in [-0.2, -0.15) is 0 Å². The number of piperazine rings is 1. The van der Waals surface area contributed by atoms with Crippen LogP contribution in [0.4, 0.5) is 0 Å². The summed E-state index contributed by atoms with van der Waals surface area (Å²) in [6, 6.07) is 4.21. The second-order valence-corrected chi connectivity index (χ2v) is 7.53. The fourth-order valence-corrected chi connectivity index (χ4v) is 3.59. The molecule has 0 bridgehead atoms. The van der Waals surface area contributed by atoms with E-state index in [1.165, 1.54) is 37.6 Å². The Morgan fingerprint density at radius 1 is 1.21 bits per heavy atom. The Morgan fingerprint density at radius 2 is 1.96 bits per heavy atom. The predicted molar refractivity (Wildman–Crippen MR) is 105 cm³/mol. The van der Waals surface area contributed by atoms with Gasteiger partial charge in [-0.25, -0.2) is 4.99 Å². The molecule has 1 atom stereocenters. The summed E-state index contributed by atoms with van der Waals surface area (Å²) in [5.74, 6) is 1.54. The smallest absolute Gasteiger partial charge is 0.191 e. The van der Waals surface area contributed by atoms with Crippen LogP contribution in [0, 0.1) is 5.92 Å². The van der Waals surface area contributed by atoms with E-state index in [1.807, 2.05) is 0 Å². The fraction of sp³-hybridized carbons (Fsp3) is 0.722. The third kappa shape index (κ3) is 6.79. The van der Waals surface area contributed by atoms with E-state index in [4.69, 9.17) is 0 Å². The molecular weight excluding hydrogens is 318 g/mol. The first-order valence-corrected chi connectivity index (χ1v) is 10.1. The summed E-state index contributed by atoms with van der Waals surface area (Å²) < 4.78 is 0. The molecule has 0 radical (unpaired) electrons. The zero-order valence-electron chi connectivity index (χ0n) is 15.4. The van der Waals surface area contributed by atoms with Gasteiger partial charge < -0.3 is 20.4 Å². The van der Waals surface area contributed by atoms with Crippen molar-refractivity contribution in [1.29, 1.82) is 0 Å². The maximum Gasteiger partial charge on any atom is 0.191 e. The highest BCUT2D eigenvalue weighted by molar-refractivity contribution is 7.09. The summed E-state index contributed by atoms with van der Waals surface area (Å²) in [5, 5.41) is 8.94. The number of hydrogen-bond acceptors (Lipinski definition) is 4. The average Bonchev–Trinajstić information content (AvgIpc) is 3.11. The molecule has 6 heteroatoms. The van der Waals surface area contributed by atoms with E-state index in [0.29, 0.717) is 5.92 Å². The molecule has 2 N–H and O–H groups in total. The van der Waals surface area contributed by atoms with Crippen LogP contribution in [0.2, 0.25) is 0 Å². The van der Waals surface area contributed by atoms with Crippen LogP contribution in [-0.2, 0) is 6.54 Å². The van der Waals surface area contributed by atoms with Gasteiger partial charge in [0, 0.05) is 50.7 Å². The standard InChI is InChI=1S/C18H33N5S/c1-4-19-18(21-14-17-7-6-12-24-17)20-13-16(3)15-23-10-8-22(5-2)9-11-23/h6-7,12,16H,4-5,8-11,13-15H2,1-3H3,(H2,19,20,21). The zero-order valence-corrected chi connectivity index (χ0v) is 16.2. The Hall–Kier alpha value is -1.11. The Kier molecular flexibility index (Phi) is 8.56. The van der Waals surface area contributed by atoms with Crippen molar-refractivity contribution in [2.75, 3.05) is 52.4 Å². The highest BCUT2D eigenvalue weighted by Gasteiger charge is 2.17. The maximum atomic E-state index is 4.68. The fourth-order valence-electron chi connectivity index (χ4n) is 2.97. The van der Waals surface area contributed by atoms with Crippen LogP contribution in [-0.4, -0.2) is 68.1 Å². The molecular formula is C18H33N5S. The van der Waals surface area contributed by atoms with Gasteiger partial charge in [0.1, 0.15) is 0 Å². The van der Waals surface area contributed by atoms with Crippen LogP contribution in [0.5, 0.6) is 0 Å². The van der Waals surface area contributed by atoms with Crippen molar-refractivity contribution in [1.82, 2.24) is 20.4 Å². The minimum absolute atomic E-state index is 0.615. The molecule has 0 saturated carbocycles.